The molecule has 1 aromatic heterocycles. The molecule has 1 heterocycles. The van der Waals surface area contributed by atoms with Gasteiger partial charge in [-0.2, -0.15) is 0 Å². The zero-order valence-corrected chi connectivity index (χ0v) is 15.5. The summed E-state index contributed by atoms with van der Waals surface area (Å²) in [5.41, 5.74) is 2.03. The van der Waals surface area contributed by atoms with Crippen LogP contribution >= 0.6 is 12.2 Å². The molecule has 0 fully saturated rings. The fraction of sp³-hybridized carbons (Fsp3) is 0.188. The Labute approximate surface area is 145 Å². The summed E-state index contributed by atoms with van der Waals surface area (Å²) in [6, 6.07) is 10.2. The molecule has 0 atom stereocenters. The van der Waals surface area contributed by atoms with Crippen LogP contribution in [0.2, 0.25) is 0 Å². The second-order valence-electron chi connectivity index (χ2n) is 4.75. The summed E-state index contributed by atoms with van der Waals surface area (Å²) in [4.78, 5) is 6.26. The summed E-state index contributed by atoms with van der Waals surface area (Å²) in [5, 5.41) is 0. The quantitative estimate of drug-likeness (QED) is 0.512. The van der Waals surface area contributed by atoms with Gasteiger partial charge in [0.2, 0.25) is 0 Å². The number of hydrogen-bond donors (Lipinski definition) is 2. The second kappa shape index (κ2) is 6.66. The van der Waals surface area contributed by atoms with E-state index in [1.54, 1.807) is 21.3 Å². The number of rotatable bonds is 5. The van der Waals surface area contributed by atoms with Gasteiger partial charge in [0.15, 0.2) is 0 Å². The van der Waals surface area contributed by atoms with E-state index >= 15 is 0 Å². The van der Waals surface area contributed by atoms with Gasteiger partial charge in [-0.15, -0.1) is 0 Å². The fourth-order valence-electron chi connectivity index (χ4n) is 2.33. The van der Waals surface area contributed by atoms with Gasteiger partial charge in [0.05, 0.1) is 0 Å². The molecule has 0 amide bonds. The summed E-state index contributed by atoms with van der Waals surface area (Å²) < 4.78 is 19.2. The van der Waals surface area contributed by atoms with Gasteiger partial charge < -0.3 is 0 Å². The van der Waals surface area contributed by atoms with Crippen LogP contribution in [0, 0.1) is 4.77 Å². The summed E-state index contributed by atoms with van der Waals surface area (Å²) in [7, 11) is 4.85. The molecule has 3 aromatic rings. The Bertz CT molecular complexity index is 879. The first-order valence-corrected chi connectivity index (χ1v) is 8.96. The van der Waals surface area contributed by atoms with Crippen LogP contribution in [0.4, 0.5) is 0 Å². The third kappa shape index (κ3) is 3.22. The van der Waals surface area contributed by atoms with Crippen molar-refractivity contribution in [2.75, 3.05) is 21.3 Å². The maximum atomic E-state index is 5.41. The maximum absolute atomic E-state index is 5.41. The number of aromatic amines is 2. The Morgan fingerprint density at radius 1 is 0.826 bits per heavy atom. The number of aromatic nitrogens is 2. The van der Waals surface area contributed by atoms with E-state index in [4.69, 9.17) is 26.4 Å². The average Bonchev–Trinajstić information content (AvgIpc) is 2.93. The van der Waals surface area contributed by atoms with E-state index in [9.17, 15) is 0 Å². The van der Waals surface area contributed by atoms with Crippen molar-refractivity contribution in [3.05, 3.63) is 35.1 Å². The molecule has 3 rings (SSSR count). The number of nitrogens with one attached hydrogen (secondary N) is 2. The standard InChI is InChI=1S/C16H16N2O3SSe/c1-19-13-7-10(8-14(20-2)15(13)21-3)23-9-4-5-11-12(6-9)18-16(22)17-11/h4-8H,1-3H3,(H2,17,18,22). The number of fused-ring (bicyclic) bond motifs is 1. The average molecular weight is 395 g/mol. The van der Waals surface area contributed by atoms with Crippen molar-refractivity contribution in [2.24, 2.45) is 0 Å². The SMILES string of the molecule is COc1cc([Se]c2ccc3[nH]c(=S)[nH]c3c2)cc(OC)c1OC. The molecule has 0 radical (unpaired) electrons. The van der Waals surface area contributed by atoms with Crippen LogP contribution in [0.5, 0.6) is 17.2 Å². The van der Waals surface area contributed by atoms with Crippen LogP contribution in [0.25, 0.3) is 11.0 Å². The molecule has 0 aliphatic heterocycles. The molecule has 0 aliphatic rings. The van der Waals surface area contributed by atoms with E-state index in [1.165, 1.54) is 4.46 Å². The molecule has 5 nitrogen and oxygen atoms in total. The van der Waals surface area contributed by atoms with Gasteiger partial charge in [-0.25, -0.2) is 0 Å². The van der Waals surface area contributed by atoms with Crippen LogP contribution in [0.3, 0.4) is 0 Å². The Hall–Kier alpha value is -1.95. The Morgan fingerprint density at radius 3 is 2.09 bits per heavy atom. The van der Waals surface area contributed by atoms with Crippen molar-refractivity contribution in [1.82, 2.24) is 9.97 Å². The monoisotopic (exact) mass is 396 g/mol. The molecular weight excluding hydrogens is 379 g/mol. The third-order valence-electron chi connectivity index (χ3n) is 3.36. The number of benzene rings is 2. The van der Waals surface area contributed by atoms with E-state index in [1.807, 2.05) is 18.2 Å². The molecule has 2 N–H and O–H groups in total. The zero-order valence-electron chi connectivity index (χ0n) is 12.9. The summed E-state index contributed by atoms with van der Waals surface area (Å²) in [6.45, 7) is 0. The van der Waals surface area contributed by atoms with Gasteiger partial charge in [-0.1, -0.05) is 0 Å². The molecule has 23 heavy (non-hydrogen) atoms. The minimum atomic E-state index is 0.105. The number of imidazole rings is 1. The normalized spacial score (nSPS) is 10.7. The first kappa shape index (κ1) is 15.9. The van der Waals surface area contributed by atoms with Crippen LogP contribution in [-0.2, 0) is 0 Å². The topological polar surface area (TPSA) is 59.3 Å². The van der Waals surface area contributed by atoms with Gasteiger partial charge >= 0.3 is 145 Å². The summed E-state index contributed by atoms with van der Waals surface area (Å²) >= 11 is 5.23. The van der Waals surface area contributed by atoms with Gasteiger partial charge in [0.25, 0.3) is 0 Å². The van der Waals surface area contributed by atoms with Crippen molar-refractivity contribution >= 4 is 47.1 Å². The second-order valence-corrected chi connectivity index (χ2v) is 7.56. The zero-order chi connectivity index (χ0) is 16.4. The molecule has 7 heteroatoms. The Morgan fingerprint density at radius 2 is 1.48 bits per heavy atom. The van der Waals surface area contributed by atoms with Crippen molar-refractivity contribution in [2.45, 2.75) is 0 Å². The first-order chi connectivity index (χ1) is 11.1. The first-order valence-electron chi connectivity index (χ1n) is 6.84. The summed E-state index contributed by atoms with van der Waals surface area (Å²) in [5.74, 6) is 1.96. The van der Waals surface area contributed by atoms with Crippen LogP contribution in [-0.4, -0.2) is 46.3 Å². The number of methoxy groups -OCH3 is 3. The van der Waals surface area contributed by atoms with Crippen molar-refractivity contribution < 1.29 is 14.2 Å². The van der Waals surface area contributed by atoms with E-state index in [2.05, 4.69) is 22.1 Å². The predicted octanol–water partition coefficient (Wildman–Crippen LogP) is 1.91. The molecule has 0 unspecified atom stereocenters. The molecule has 0 saturated carbocycles. The molecule has 0 bridgehead atoms. The molecule has 0 spiro atoms. The van der Waals surface area contributed by atoms with Crippen molar-refractivity contribution in [3.63, 3.8) is 0 Å². The molecule has 120 valence electrons. The number of ether oxygens (including phenoxy) is 3. The van der Waals surface area contributed by atoms with Crippen molar-refractivity contribution in [3.8, 4) is 17.2 Å². The van der Waals surface area contributed by atoms with E-state index in [0.717, 1.165) is 15.5 Å². The van der Waals surface area contributed by atoms with E-state index in [-0.39, 0.29) is 15.0 Å². The van der Waals surface area contributed by atoms with Crippen LogP contribution in [0.15, 0.2) is 30.3 Å². The van der Waals surface area contributed by atoms with Gasteiger partial charge in [0, 0.05) is 0 Å². The molecule has 0 saturated heterocycles. The van der Waals surface area contributed by atoms with Gasteiger partial charge in [0.1, 0.15) is 0 Å². The molecule has 2 aromatic carbocycles. The van der Waals surface area contributed by atoms with Crippen LogP contribution < -0.4 is 23.1 Å². The van der Waals surface area contributed by atoms with E-state index < -0.39 is 0 Å². The number of hydrogen-bond acceptors (Lipinski definition) is 4. The van der Waals surface area contributed by atoms with Gasteiger partial charge in [-0.05, 0) is 0 Å². The summed E-state index contributed by atoms with van der Waals surface area (Å²) in [6.07, 6.45) is 0. The number of H-pyrrole nitrogens is 2. The predicted molar refractivity (Wildman–Crippen MR) is 94.6 cm³/mol. The third-order valence-corrected chi connectivity index (χ3v) is 5.58. The van der Waals surface area contributed by atoms with E-state index in [0.29, 0.717) is 22.0 Å². The van der Waals surface area contributed by atoms with Crippen molar-refractivity contribution in [1.29, 1.82) is 0 Å². The molecule has 0 aliphatic carbocycles. The molecular formula is C16H16N2O3SSe. The van der Waals surface area contributed by atoms with Crippen LogP contribution in [0.1, 0.15) is 0 Å². The Balaban J connectivity index is 1.98. The minimum absolute atomic E-state index is 0.105. The Kier molecular flexibility index (Phi) is 4.61. The van der Waals surface area contributed by atoms with Gasteiger partial charge in [-0.3, -0.25) is 0 Å². The fourth-order valence-corrected chi connectivity index (χ4v) is 4.47.